The van der Waals surface area contributed by atoms with Crippen LogP contribution in [0.2, 0.25) is 0 Å². The Hall–Kier alpha value is -1.82. The Morgan fingerprint density at radius 3 is 2.33 bits per heavy atom. The molecule has 0 amide bonds. The second-order valence-corrected chi connectivity index (χ2v) is 4.28. The van der Waals surface area contributed by atoms with Crippen molar-refractivity contribution in [2.24, 2.45) is 0 Å². The summed E-state index contributed by atoms with van der Waals surface area (Å²) in [4.78, 5) is 19.5. The Bertz CT molecular complexity index is 543. The number of rotatable bonds is 4. The van der Waals surface area contributed by atoms with E-state index in [4.69, 9.17) is 0 Å². The summed E-state index contributed by atoms with van der Waals surface area (Å²) in [5.41, 5.74) is -0.513. The number of aromatic nitrogens is 2. The van der Waals surface area contributed by atoms with Crippen molar-refractivity contribution >= 4 is 17.5 Å². The van der Waals surface area contributed by atoms with Gasteiger partial charge in [0.15, 0.2) is 10.9 Å². The van der Waals surface area contributed by atoms with Gasteiger partial charge < -0.3 is 0 Å². The van der Waals surface area contributed by atoms with Crippen LogP contribution in [0.5, 0.6) is 0 Å². The van der Waals surface area contributed by atoms with Crippen LogP contribution in [0.25, 0.3) is 0 Å². The molecule has 0 aliphatic rings. The molecule has 0 fully saturated rings. The second-order valence-electron chi connectivity index (χ2n) is 3.34. The fourth-order valence-corrected chi connectivity index (χ4v) is 2.00. The third-order valence-electron chi connectivity index (χ3n) is 2.12. The molecule has 6 heteroatoms. The maximum Gasteiger partial charge on any atom is 0.187 e. The fourth-order valence-electron chi connectivity index (χ4n) is 1.33. The van der Waals surface area contributed by atoms with E-state index < -0.39 is 23.0 Å². The standard InChI is InChI=1S/C12H8F2N2OS/c13-8-3-1-4-9(14)11(8)10(17)7-18-12-15-5-2-6-16-12/h1-6H,7H2. The van der Waals surface area contributed by atoms with Gasteiger partial charge in [-0.05, 0) is 18.2 Å². The number of carbonyl (C=O) groups excluding carboxylic acids is 1. The zero-order valence-corrected chi connectivity index (χ0v) is 9.95. The summed E-state index contributed by atoms with van der Waals surface area (Å²) < 4.78 is 26.7. The number of benzene rings is 1. The molecule has 0 aliphatic carbocycles. The minimum absolute atomic E-state index is 0.109. The number of carbonyl (C=O) groups is 1. The number of nitrogens with zero attached hydrogens (tertiary/aromatic N) is 2. The SMILES string of the molecule is O=C(CSc1ncccn1)c1c(F)cccc1F. The molecule has 1 aromatic heterocycles. The third kappa shape index (κ3) is 2.89. The highest BCUT2D eigenvalue weighted by atomic mass is 32.2. The molecule has 0 N–H and O–H groups in total. The number of Topliss-reactive ketones (excluding diaryl/α,β-unsaturated/α-hetero) is 1. The summed E-state index contributed by atoms with van der Waals surface area (Å²) in [6, 6.07) is 4.97. The Morgan fingerprint density at radius 2 is 1.72 bits per heavy atom. The molecule has 2 aromatic rings. The lowest BCUT2D eigenvalue weighted by atomic mass is 10.1. The maximum atomic E-state index is 13.3. The van der Waals surface area contributed by atoms with Crippen molar-refractivity contribution in [2.75, 3.05) is 5.75 Å². The van der Waals surface area contributed by atoms with E-state index in [0.29, 0.717) is 5.16 Å². The van der Waals surface area contributed by atoms with E-state index >= 15 is 0 Å². The molecule has 0 radical (unpaired) electrons. The Kier molecular flexibility index (Phi) is 3.99. The molecular formula is C12H8F2N2OS. The van der Waals surface area contributed by atoms with Crippen molar-refractivity contribution in [3.05, 3.63) is 53.9 Å². The van der Waals surface area contributed by atoms with Crippen molar-refractivity contribution in [2.45, 2.75) is 5.16 Å². The summed E-state index contributed by atoms with van der Waals surface area (Å²) in [6.07, 6.45) is 3.06. The molecule has 0 unspecified atom stereocenters. The van der Waals surface area contributed by atoms with Gasteiger partial charge in [0.2, 0.25) is 0 Å². The Balaban J connectivity index is 2.09. The van der Waals surface area contributed by atoms with Gasteiger partial charge in [-0.3, -0.25) is 4.79 Å². The van der Waals surface area contributed by atoms with Gasteiger partial charge in [-0.15, -0.1) is 0 Å². The molecular weight excluding hydrogens is 258 g/mol. The lowest BCUT2D eigenvalue weighted by Gasteiger charge is -2.03. The topological polar surface area (TPSA) is 42.9 Å². The molecule has 1 aromatic carbocycles. The molecule has 18 heavy (non-hydrogen) atoms. The predicted octanol–water partition coefficient (Wildman–Crippen LogP) is 2.73. The monoisotopic (exact) mass is 266 g/mol. The van der Waals surface area contributed by atoms with Gasteiger partial charge in [-0.25, -0.2) is 18.7 Å². The van der Waals surface area contributed by atoms with E-state index in [1.54, 1.807) is 6.07 Å². The van der Waals surface area contributed by atoms with E-state index in [1.807, 2.05) is 0 Å². The van der Waals surface area contributed by atoms with Crippen LogP contribution in [0.1, 0.15) is 10.4 Å². The van der Waals surface area contributed by atoms with E-state index in [0.717, 1.165) is 23.9 Å². The average Bonchev–Trinajstić information content (AvgIpc) is 2.37. The predicted molar refractivity (Wildman–Crippen MR) is 63.4 cm³/mol. The van der Waals surface area contributed by atoms with Crippen molar-refractivity contribution in [1.82, 2.24) is 9.97 Å². The van der Waals surface area contributed by atoms with Gasteiger partial charge in [0, 0.05) is 12.4 Å². The molecule has 0 bridgehead atoms. The van der Waals surface area contributed by atoms with Crippen molar-refractivity contribution in [3.63, 3.8) is 0 Å². The number of thioether (sulfide) groups is 1. The maximum absolute atomic E-state index is 13.3. The number of hydrogen-bond acceptors (Lipinski definition) is 4. The van der Waals surface area contributed by atoms with Crippen LogP contribution in [0.3, 0.4) is 0 Å². The quantitative estimate of drug-likeness (QED) is 0.485. The van der Waals surface area contributed by atoms with E-state index in [9.17, 15) is 13.6 Å². The summed E-state index contributed by atoms with van der Waals surface area (Å²) in [6.45, 7) is 0. The fraction of sp³-hybridized carbons (Fsp3) is 0.0833. The van der Waals surface area contributed by atoms with Gasteiger partial charge in [-0.1, -0.05) is 17.8 Å². The van der Waals surface area contributed by atoms with E-state index in [2.05, 4.69) is 9.97 Å². The molecule has 1 heterocycles. The summed E-state index contributed by atoms with van der Waals surface area (Å²) >= 11 is 1.04. The third-order valence-corrected chi connectivity index (χ3v) is 2.99. The summed E-state index contributed by atoms with van der Waals surface area (Å²) in [5.74, 6) is -2.44. The van der Waals surface area contributed by atoms with E-state index in [1.165, 1.54) is 18.5 Å². The molecule has 2 rings (SSSR count). The molecule has 0 saturated heterocycles. The molecule has 0 spiro atoms. The van der Waals surface area contributed by atoms with Gasteiger partial charge in [0.1, 0.15) is 11.6 Å². The van der Waals surface area contributed by atoms with Crippen LogP contribution in [-0.2, 0) is 0 Å². The Labute approximate surface area is 106 Å². The molecule has 0 atom stereocenters. The smallest absolute Gasteiger partial charge is 0.187 e. The average molecular weight is 266 g/mol. The normalized spacial score (nSPS) is 10.3. The largest absolute Gasteiger partial charge is 0.293 e. The minimum Gasteiger partial charge on any atom is -0.293 e. The van der Waals surface area contributed by atoms with Crippen LogP contribution in [0.15, 0.2) is 41.8 Å². The van der Waals surface area contributed by atoms with Crippen LogP contribution < -0.4 is 0 Å². The van der Waals surface area contributed by atoms with Gasteiger partial charge in [0.05, 0.1) is 11.3 Å². The molecule has 0 aliphatic heterocycles. The zero-order chi connectivity index (χ0) is 13.0. The van der Waals surface area contributed by atoms with Crippen molar-refractivity contribution < 1.29 is 13.6 Å². The molecule has 0 saturated carbocycles. The van der Waals surface area contributed by atoms with Crippen molar-refractivity contribution in [1.29, 1.82) is 0 Å². The lowest BCUT2D eigenvalue weighted by molar-refractivity contribution is 0.101. The van der Waals surface area contributed by atoms with Gasteiger partial charge in [-0.2, -0.15) is 0 Å². The van der Waals surface area contributed by atoms with Crippen LogP contribution in [-0.4, -0.2) is 21.5 Å². The Morgan fingerprint density at radius 1 is 1.11 bits per heavy atom. The zero-order valence-electron chi connectivity index (χ0n) is 9.14. The van der Waals surface area contributed by atoms with Crippen LogP contribution in [0.4, 0.5) is 8.78 Å². The number of hydrogen-bond donors (Lipinski definition) is 0. The highest BCUT2D eigenvalue weighted by molar-refractivity contribution is 7.99. The molecule has 3 nitrogen and oxygen atoms in total. The number of ketones is 1. The highest BCUT2D eigenvalue weighted by Crippen LogP contribution is 2.18. The van der Waals surface area contributed by atoms with Crippen LogP contribution >= 0.6 is 11.8 Å². The summed E-state index contributed by atoms with van der Waals surface area (Å²) in [7, 11) is 0. The molecule has 92 valence electrons. The minimum atomic E-state index is -0.852. The number of halogens is 2. The van der Waals surface area contributed by atoms with Crippen molar-refractivity contribution in [3.8, 4) is 0 Å². The van der Waals surface area contributed by atoms with Gasteiger partial charge in [0.25, 0.3) is 0 Å². The second kappa shape index (κ2) is 5.68. The summed E-state index contributed by atoms with van der Waals surface area (Å²) in [5, 5.41) is 0.391. The first-order valence-corrected chi connectivity index (χ1v) is 6.04. The highest BCUT2D eigenvalue weighted by Gasteiger charge is 2.17. The first-order valence-electron chi connectivity index (χ1n) is 5.05. The van der Waals surface area contributed by atoms with Gasteiger partial charge >= 0.3 is 0 Å². The van der Waals surface area contributed by atoms with E-state index in [-0.39, 0.29) is 5.75 Å². The first kappa shape index (κ1) is 12.6. The first-order chi connectivity index (χ1) is 8.68. The van der Waals surface area contributed by atoms with Crippen LogP contribution in [0, 0.1) is 11.6 Å². The lowest BCUT2D eigenvalue weighted by Crippen LogP contribution is -2.08.